The topological polar surface area (TPSA) is 125 Å². The highest BCUT2D eigenvalue weighted by Crippen LogP contribution is 2.38. The minimum atomic E-state index is -5.32. The van der Waals surface area contributed by atoms with Crippen LogP contribution in [0.1, 0.15) is 5.69 Å². The maximum absolute atomic E-state index is 12.2. The van der Waals surface area contributed by atoms with E-state index in [0.717, 1.165) is 6.92 Å². The third-order valence-electron chi connectivity index (χ3n) is 1.86. The fourth-order valence-electron chi connectivity index (χ4n) is 1.19. The zero-order valence-corrected chi connectivity index (χ0v) is 9.95. The van der Waals surface area contributed by atoms with Gasteiger partial charge in [-0.2, -0.15) is 0 Å². The van der Waals surface area contributed by atoms with Crippen molar-refractivity contribution in [3.05, 3.63) is 22.0 Å². The largest absolute Gasteiger partial charge is 0.573 e. The second-order valence-corrected chi connectivity index (χ2v) is 4.77. The van der Waals surface area contributed by atoms with E-state index in [1.807, 2.05) is 0 Å². The molecule has 0 saturated heterocycles. The van der Waals surface area contributed by atoms with Crippen molar-refractivity contribution in [1.82, 2.24) is 4.98 Å². The predicted octanol–water partition coefficient (Wildman–Crippen LogP) is 0.844. The molecule has 0 radical (unpaired) electrons. The van der Waals surface area contributed by atoms with Gasteiger partial charge in [-0.05, 0) is 6.92 Å². The third-order valence-corrected chi connectivity index (χ3v) is 2.77. The van der Waals surface area contributed by atoms with Crippen molar-refractivity contribution in [3.63, 3.8) is 0 Å². The fourth-order valence-corrected chi connectivity index (χ4v) is 1.78. The number of halogens is 3. The number of hydrogen-bond donors (Lipinski definition) is 1. The molecule has 0 aromatic carbocycles. The van der Waals surface area contributed by atoms with E-state index in [1.165, 1.54) is 0 Å². The number of sulfonamides is 1. The summed E-state index contributed by atoms with van der Waals surface area (Å²) in [7, 11) is -4.67. The summed E-state index contributed by atoms with van der Waals surface area (Å²) in [5, 5.41) is 15.3. The zero-order chi connectivity index (χ0) is 15.0. The molecule has 8 nitrogen and oxygen atoms in total. The Balaban J connectivity index is 3.69. The van der Waals surface area contributed by atoms with Crippen LogP contribution in [0.25, 0.3) is 0 Å². The summed E-state index contributed by atoms with van der Waals surface area (Å²) in [6.07, 6.45) is -4.86. The minimum Gasteiger partial charge on any atom is -0.397 e. The van der Waals surface area contributed by atoms with Gasteiger partial charge in [-0.1, -0.05) is 0 Å². The van der Waals surface area contributed by atoms with Crippen molar-refractivity contribution in [3.8, 4) is 5.75 Å². The van der Waals surface area contributed by atoms with Crippen molar-refractivity contribution in [2.75, 3.05) is 0 Å². The second-order valence-electron chi connectivity index (χ2n) is 3.24. The molecule has 0 saturated carbocycles. The molecule has 0 fully saturated rings. The van der Waals surface area contributed by atoms with Crippen LogP contribution in [0.5, 0.6) is 5.75 Å². The highest BCUT2D eigenvalue weighted by Gasteiger charge is 2.39. The van der Waals surface area contributed by atoms with E-state index in [2.05, 4.69) is 14.9 Å². The Morgan fingerprint density at radius 3 is 2.37 bits per heavy atom. The second kappa shape index (κ2) is 4.62. The number of aryl methyl sites for hydroxylation is 1. The van der Waals surface area contributed by atoms with Gasteiger partial charge in [-0.15, -0.1) is 13.2 Å². The van der Waals surface area contributed by atoms with Gasteiger partial charge in [-0.3, -0.25) is 15.1 Å². The summed E-state index contributed by atoms with van der Waals surface area (Å²) in [6.45, 7) is 1.02. The molecule has 1 aromatic heterocycles. The van der Waals surface area contributed by atoms with E-state index in [4.69, 9.17) is 0 Å². The molecule has 1 aromatic rings. The molecular weight excluding hydrogens is 295 g/mol. The third kappa shape index (κ3) is 3.51. The van der Waals surface area contributed by atoms with Crippen molar-refractivity contribution in [2.24, 2.45) is 5.14 Å². The van der Waals surface area contributed by atoms with E-state index in [1.54, 1.807) is 0 Å². The van der Waals surface area contributed by atoms with E-state index in [0.29, 0.717) is 6.20 Å². The number of nitro groups is 1. The monoisotopic (exact) mass is 301 g/mol. The Morgan fingerprint density at radius 1 is 1.47 bits per heavy atom. The predicted molar refractivity (Wildman–Crippen MR) is 53.7 cm³/mol. The van der Waals surface area contributed by atoms with Gasteiger partial charge < -0.3 is 4.74 Å². The SMILES string of the molecule is Cc1ncc(S(N)(=O)=O)c(OC(F)(F)F)c1[N+](=O)[O-]. The first-order chi connectivity index (χ1) is 8.43. The van der Waals surface area contributed by atoms with Gasteiger partial charge in [-0.25, -0.2) is 13.6 Å². The number of alkyl halides is 3. The van der Waals surface area contributed by atoms with Gasteiger partial charge in [0.05, 0.1) is 11.1 Å². The molecule has 106 valence electrons. The molecule has 1 rings (SSSR count). The van der Waals surface area contributed by atoms with Crippen LogP contribution in [0.2, 0.25) is 0 Å². The summed E-state index contributed by atoms with van der Waals surface area (Å²) in [5.74, 6) is -1.51. The summed E-state index contributed by atoms with van der Waals surface area (Å²) < 4.78 is 62.1. The van der Waals surface area contributed by atoms with Crippen LogP contribution in [0.15, 0.2) is 11.1 Å². The van der Waals surface area contributed by atoms with Crippen molar-refractivity contribution < 1.29 is 31.2 Å². The van der Waals surface area contributed by atoms with Crippen LogP contribution in [-0.4, -0.2) is 24.7 Å². The smallest absolute Gasteiger partial charge is 0.397 e. The lowest BCUT2D eigenvalue weighted by Crippen LogP contribution is -2.22. The Bertz CT molecular complexity index is 628. The summed E-state index contributed by atoms with van der Waals surface area (Å²) in [6, 6.07) is 0. The highest BCUT2D eigenvalue weighted by atomic mass is 32.2. The van der Waals surface area contributed by atoms with Crippen LogP contribution in [-0.2, 0) is 10.0 Å². The van der Waals surface area contributed by atoms with Gasteiger partial charge in [0.15, 0.2) is 0 Å². The average Bonchev–Trinajstić information content (AvgIpc) is 2.11. The minimum absolute atomic E-state index is 0.448. The van der Waals surface area contributed by atoms with Gasteiger partial charge >= 0.3 is 12.0 Å². The number of ether oxygens (including phenoxy) is 1. The Labute approximate surface area is 104 Å². The van der Waals surface area contributed by atoms with Crippen LogP contribution in [0.3, 0.4) is 0 Å². The molecule has 0 unspecified atom stereocenters. The van der Waals surface area contributed by atoms with Crippen molar-refractivity contribution in [1.29, 1.82) is 0 Å². The first kappa shape index (κ1) is 15.1. The lowest BCUT2D eigenvalue weighted by atomic mass is 10.3. The summed E-state index contributed by atoms with van der Waals surface area (Å²) >= 11 is 0. The lowest BCUT2D eigenvalue weighted by Gasteiger charge is -2.12. The van der Waals surface area contributed by atoms with E-state index in [9.17, 15) is 31.7 Å². The number of rotatable bonds is 3. The Kier molecular flexibility index (Phi) is 3.67. The standard InChI is InChI=1S/C7H6F3N3O5S/c1-3-5(13(14)15)6(18-7(8,9)10)4(2-12-3)19(11,16)17/h2H,1H3,(H2,11,16,17). The molecule has 0 aliphatic heterocycles. The highest BCUT2D eigenvalue weighted by molar-refractivity contribution is 7.89. The maximum Gasteiger partial charge on any atom is 0.573 e. The van der Waals surface area contributed by atoms with Crippen molar-refractivity contribution in [2.45, 2.75) is 18.2 Å². The number of primary sulfonamides is 1. The van der Waals surface area contributed by atoms with Crippen LogP contribution >= 0.6 is 0 Å². The average molecular weight is 301 g/mol. The molecule has 19 heavy (non-hydrogen) atoms. The molecule has 0 aliphatic rings. The quantitative estimate of drug-likeness (QED) is 0.651. The number of aromatic nitrogens is 1. The molecule has 0 atom stereocenters. The van der Waals surface area contributed by atoms with Crippen molar-refractivity contribution >= 4 is 15.7 Å². The van der Waals surface area contributed by atoms with E-state index >= 15 is 0 Å². The number of hydrogen-bond acceptors (Lipinski definition) is 6. The van der Waals surface area contributed by atoms with Gasteiger partial charge in [0.25, 0.3) is 0 Å². The Morgan fingerprint density at radius 2 is 2.00 bits per heavy atom. The molecule has 0 spiro atoms. The number of nitrogens with two attached hydrogens (primary N) is 1. The Hall–Kier alpha value is -1.95. The van der Waals surface area contributed by atoms with E-state index < -0.39 is 43.3 Å². The van der Waals surface area contributed by atoms with E-state index in [-0.39, 0.29) is 0 Å². The molecule has 1 heterocycles. The first-order valence-corrected chi connectivity index (χ1v) is 5.90. The fraction of sp³-hybridized carbons (Fsp3) is 0.286. The molecular formula is C7H6F3N3O5S. The zero-order valence-electron chi connectivity index (χ0n) is 9.13. The van der Waals surface area contributed by atoms with Crippen LogP contribution in [0.4, 0.5) is 18.9 Å². The molecule has 0 bridgehead atoms. The normalized spacial score (nSPS) is 12.3. The van der Waals surface area contributed by atoms with Crippen LogP contribution < -0.4 is 9.88 Å². The molecule has 0 amide bonds. The molecule has 12 heteroatoms. The van der Waals surface area contributed by atoms with Gasteiger partial charge in [0.1, 0.15) is 10.6 Å². The molecule has 0 aliphatic carbocycles. The summed E-state index contributed by atoms with van der Waals surface area (Å²) in [5.41, 5.74) is -1.67. The van der Waals surface area contributed by atoms with Crippen LogP contribution in [0, 0.1) is 17.0 Å². The number of nitrogens with zero attached hydrogens (tertiary/aromatic N) is 2. The number of pyridine rings is 1. The van der Waals surface area contributed by atoms with Gasteiger partial charge in [0.2, 0.25) is 15.8 Å². The molecule has 2 N–H and O–H groups in total. The summed E-state index contributed by atoms with van der Waals surface area (Å²) in [4.78, 5) is 11.5. The maximum atomic E-state index is 12.2. The van der Waals surface area contributed by atoms with Gasteiger partial charge in [0, 0.05) is 0 Å². The first-order valence-electron chi connectivity index (χ1n) is 4.36. The lowest BCUT2D eigenvalue weighted by molar-refractivity contribution is -0.389.